The van der Waals surface area contributed by atoms with Gasteiger partial charge in [-0.25, -0.2) is 24.2 Å². The molecule has 4 rings (SSSR count). The number of aliphatic hydroxyl groups excluding tert-OH is 7. The molecule has 2 saturated heterocycles. The van der Waals surface area contributed by atoms with Gasteiger partial charge >= 0.3 is 11.9 Å². The van der Waals surface area contributed by atoms with Crippen molar-refractivity contribution < 1.29 is 84.1 Å². The Morgan fingerprint density at radius 3 is 2.24 bits per heavy atom. The number of aliphatic imine (C=N–C) groups is 1. The molecule has 300 valence electrons. The second-order valence-electron chi connectivity index (χ2n) is 12.4. The van der Waals surface area contributed by atoms with Gasteiger partial charge in [-0.1, -0.05) is 0 Å². The number of carbonyl (C=O) groups is 5. The van der Waals surface area contributed by atoms with Crippen LogP contribution in [0, 0.1) is 0 Å². The van der Waals surface area contributed by atoms with E-state index in [2.05, 4.69) is 36.3 Å². The third kappa shape index (κ3) is 9.00. The van der Waals surface area contributed by atoms with Crippen molar-refractivity contribution in [3.8, 4) is 0 Å². The van der Waals surface area contributed by atoms with E-state index in [-0.39, 0.29) is 0 Å². The van der Waals surface area contributed by atoms with Crippen LogP contribution in [0.1, 0.15) is 37.1 Å². The highest BCUT2D eigenvalue weighted by Crippen LogP contribution is 2.30. The summed E-state index contributed by atoms with van der Waals surface area (Å²) in [5.74, 6) is -8.47. The van der Waals surface area contributed by atoms with Crippen molar-refractivity contribution in [3.05, 3.63) is 24.0 Å². The number of nitrogens with two attached hydrogens (primary N) is 1. The number of hydrogen-bond donors (Lipinski definition) is 14. The van der Waals surface area contributed by atoms with Crippen LogP contribution >= 0.6 is 0 Å². The SMILES string of the molecule is CC(=O)NC1C(O)CC(NC(N)=NC2C=C(C(=O)O)OC(C(O)C(O)CO)C2NC(C)=O)(C(=O)O)OC1NC(=O)c1ncn([C@@H]2O[C@H](CO)[C@H](O)[C@@H]2O)n1. The predicted molar refractivity (Wildman–Crippen MR) is 170 cm³/mol. The summed E-state index contributed by atoms with van der Waals surface area (Å²) in [5, 5.41) is 104. The first-order valence-corrected chi connectivity index (χ1v) is 16.0. The zero-order valence-corrected chi connectivity index (χ0v) is 28.4. The number of nitrogens with one attached hydrogen (secondary N) is 4. The van der Waals surface area contributed by atoms with Gasteiger partial charge in [-0.05, 0) is 6.08 Å². The number of aliphatic hydroxyl groups is 7. The largest absolute Gasteiger partial charge is 0.478 e. The van der Waals surface area contributed by atoms with Gasteiger partial charge in [-0.15, -0.1) is 5.10 Å². The van der Waals surface area contributed by atoms with Gasteiger partial charge < -0.3 is 87.2 Å². The van der Waals surface area contributed by atoms with Crippen LogP contribution in [0.2, 0.25) is 0 Å². The first-order valence-electron chi connectivity index (χ1n) is 16.0. The first-order chi connectivity index (χ1) is 25.3. The summed E-state index contributed by atoms with van der Waals surface area (Å²) in [5.41, 5.74) is 3.31. The maximum Gasteiger partial charge on any atom is 0.370 e. The Balaban J connectivity index is 1.64. The van der Waals surface area contributed by atoms with E-state index in [4.69, 9.17) is 19.9 Å². The smallest absolute Gasteiger partial charge is 0.370 e. The summed E-state index contributed by atoms with van der Waals surface area (Å²) in [7, 11) is 0. The van der Waals surface area contributed by atoms with Gasteiger partial charge in [0.2, 0.25) is 29.1 Å². The van der Waals surface area contributed by atoms with Crippen molar-refractivity contribution in [2.75, 3.05) is 13.2 Å². The van der Waals surface area contributed by atoms with Crippen LogP contribution in [0.15, 0.2) is 23.2 Å². The molecule has 4 heterocycles. The van der Waals surface area contributed by atoms with Gasteiger partial charge in [0.05, 0.1) is 37.4 Å². The van der Waals surface area contributed by atoms with Crippen LogP contribution in [-0.2, 0) is 33.4 Å². The van der Waals surface area contributed by atoms with Gasteiger partial charge in [0.1, 0.15) is 43.0 Å². The molecule has 0 aliphatic carbocycles. The van der Waals surface area contributed by atoms with Crippen molar-refractivity contribution in [3.63, 3.8) is 0 Å². The number of aliphatic carboxylic acids is 2. The average molecular weight is 776 g/mol. The Morgan fingerprint density at radius 1 is 1.04 bits per heavy atom. The molecule has 3 amide bonds. The predicted octanol–water partition coefficient (Wildman–Crippen LogP) is -8.13. The molecule has 0 aromatic carbocycles. The molecule has 15 N–H and O–H groups in total. The molecule has 3 aliphatic heterocycles. The van der Waals surface area contributed by atoms with Gasteiger partial charge in [0, 0.05) is 20.3 Å². The molecular weight excluding hydrogens is 734 g/mol. The molecule has 3 aliphatic rings. The molecule has 13 atom stereocenters. The van der Waals surface area contributed by atoms with Crippen LogP contribution in [0.25, 0.3) is 0 Å². The van der Waals surface area contributed by atoms with Crippen LogP contribution in [-0.4, -0.2) is 182 Å². The van der Waals surface area contributed by atoms with E-state index in [1.807, 2.05) is 0 Å². The monoisotopic (exact) mass is 775 g/mol. The number of guanidine groups is 1. The van der Waals surface area contributed by atoms with Crippen LogP contribution in [0.3, 0.4) is 0 Å². The third-order valence-electron chi connectivity index (χ3n) is 8.47. The Morgan fingerprint density at radius 2 is 1.69 bits per heavy atom. The molecule has 0 spiro atoms. The van der Waals surface area contributed by atoms with E-state index in [9.17, 15) is 69.9 Å². The normalized spacial score (nSPS) is 33.7. The fraction of sp³-hybridized carbons (Fsp3) is 0.643. The average Bonchev–Trinajstić information content (AvgIpc) is 3.70. The summed E-state index contributed by atoms with van der Waals surface area (Å²) in [6, 6.07) is -4.56. The number of aromatic nitrogens is 3. The summed E-state index contributed by atoms with van der Waals surface area (Å²) < 4.78 is 17.2. The number of amides is 3. The highest BCUT2D eigenvalue weighted by atomic mass is 16.6. The van der Waals surface area contributed by atoms with Crippen LogP contribution in [0.5, 0.6) is 0 Å². The molecule has 26 nitrogen and oxygen atoms in total. The Bertz CT molecular complexity index is 1640. The Hall–Kier alpha value is -5.06. The number of rotatable bonds is 13. The zero-order valence-electron chi connectivity index (χ0n) is 28.4. The number of ether oxygens (including phenoxy) is 3. The van der Waals surface area contributed by atoms with Crippen LogP contribution in [0.4, 0.5) is 0 Å². The van der Waals surface area contributed by atoms with E-state index < -0.39 is 146 Å². The molecule has 1 aromatic heterocycles. The lowest BCUT2D eigenvalue weighted by Crippen LogP contribution is -2.72. The van der Waals surface area contributed by atoms with E-state index in [0.717, 1.165) is 30.9 Å². The van der Waals surface area contributed by atoms with Gasteiger partial charge in [-0.3, -0.25) is 14.4 Å². The quantitative estimate of drug-likeness (QED) is 0.0653. The molecule has 54 heavy (non-hydrogen) atoms. The lowest BCUT2D eigenvalue weighted by molar-refractivity contribution is -0.211. The van der Waals surface area contributed by atoms with Crippen molar-refractivity contribution in [1.82, 2.24) is 36.0 Å². The minimum atomic E-state index is -2.76. The van der Waals surface area contributed by atoms with Crippen molar-refractivity contribution in [2.45, 2.75) is 99.3 Å². The number of carboxylic acid groups (broad SMARTS) is 2. The van der Waals surface area contributed by atoms with Gasteiger partial charge in [0.25, 0.3) is 5.91 Å². The lowest BCUT2D eigenvalue weighted by atomic mass is 9.92. The second-order valence-corrected chi connectivity index (χ2v) is 12.4. The maximum absolute atomic E-state index is 13.3. The molecule has 9 unspecified atom stereocenters. The summed E-state index contributed by atoms with van der Waals surface area (Å²) in [6.45, 7) is 0.450. The maximum atomic E-state index is 13.3. The summed E-state index contributed by atoms with van der Waals surface area (Å²) in [4.78, 5) is 69.9. The van der Waals surface area contributed by atoms with E-state index >= 15 is 0 Å². The fourth-order valence-electron chi connectivity index (χ4n) is 5.92. The van der Waals surface area contributed by atoms with Crippen molar-refractivity contribution in [2.24, 2.45) is 10.7 Å². The molecule has 26 heteroatoms. The molecule has 1 aromatic rings. The van der Waals surface area contributed by atoms with E-state index in [1.165, 1.54) is 0 Å². The molecular formula is C28H41N9O17. The van der Waals surface area contributed by atoms with Gasteiger partial charge in [0.15, 0.2) is 18.4 Å². The highest BCUT2D eigenvalue weighted by Gasteiger charge is 2.54. The fourth-order valence-corrected chi connectivity index (χ4v) is 5.92. The number of carboxylic acids is 2. The zero-order chi connectivity index (χ0) is 40.2. The number of nitrogens with zero attached hydrogens (tertiary/aromatic N) is 4. The number of carbonyl (C=O) groups excluding carboxylic acids is 3. The van der Waals surface area contributed by atoms with Crippen molar-refractivity contribution in [1.29, 1.82) is 0 Å². The molecule has 2 fully saturated rings. The van der Waals surface area contributed by atoms with Crippen molar-refractivity contribution >= 4 is 35.6 Å². The second kappa shape index (κ2) is 17.0. The van der Waals surface area contributed by atoms with Gasteiger partial charge in [-0.2, -0.15) is 0 Å². The minimum Gasteiger partial charge on any atom is -0.478 e. The summed E-state index contributed by atoms with van der Waals surface area (Å²) in [6.07, 6.45) is -14.1. The number of hydrogen-bond acceptors (Lipinski definition) is 18. The van der Waals surface area contributed by atoms with E-state index in [1.54, 1.807) is 0 Å². The first kappa shape index (κ1) is 41.7. The molecule has 0 saturated carbocycles. The lowest BCUT2D eigenvalue weighted by Gasteiger charge is -2.45. The van der Waals surface area contributed by atoms with Crippen LogP contribution < -0.4 is 27.0 Å². The Labute approximate surface area is 303 Å². The standard InChI is InChI=1S/C28H41N9O17/c1-8(40)31-15-10(3-13(25(48)49)52-20(15)17(44)12(43)5-38)33-27(29)35-28(26(50)51)4-11(42)16(32-9(2)41)23(54-28)34-22(47)21-30-7-37(36-21)24-19(46)18(45)14(6-39)53-24/h3,7,10-12,14-20,23-24,38-39,42-46H,4-6H2,1-2H3,(H,31,40)(H,32,41)(H,34,47)(H,48,49)(H,50,51)(H3,29,33,35)/t10?,11?,12?,14-,15?,16?,17?,18+,19+,20?,23?,24-,28?/m1/s1. The third-order valence-corrected chi connectivity index (χ3v) is 8.47. The molecule has 0 bridgehead atoms. The minimum absolute atomic E-state index is 0.624. The summed E-state index contributed by atoms with van der Waals surface area (Å²) >= 11 is 0. The topological polar surface area (TPSA) is 412 Å². The molecule has 0 radical (unpaired) electrons. The Kier molecular flexibility index (Phi) is 13.1. The highest BCUT2D eigenvalue weighted by molar-refractivity contribution is 5.91. The van der Waals surface area contributed by atoms with E-state index in [0.29, 0.717) is 0 Å².